The lowest BCUT2D eigenvalue weighted by molar-refractivity contribution is -0.138. The maximum Gasteiger partial charge on any atom is 0.416 e. The third-order valence-corrected chi connectivity index (χ3v) is 6.09. The molecule has 0 bridgehead atoms. The van der Waals surface area contributed by atoms with Crippen molar-refractivity contribution in [3.63, 3.8) is 0 Å². The lowest BCUT2D eigenvalue weighted by Crippen LogP contribution is -2.20. The van der Waals surface area contributed by atoms with Gasteiger partial charge in [-0.25, -0.2) is 0 Å². The molecule has 0 saturated heterocycles. The van der Waals surface area contributed by atoms with Gasteiger partial charge in [-0.05, 0) is 24.3 Å². The zero-order chi connectivity index (χ0) is 18.2. The van der Waals surface area contributed by atoms with Gasteiger partial charge in [0, 0.05) is 10.6 Å². The molecule has 0 aromatic heterocycles. The van der Waals surface area contributed by atoms with Crippen molar-refractivity contribution in [2.75, 3.05) is 6.35 Å². The number of aliphatic hydroxyl groups is 1. The molecular weight excluding hydrogens is 357 g/mol. The van der Waals surface area contributed by atoms with Crippen LogP contribution in [0.3, 0.4) is 0 Å². The Morgan fingerprint density at radius 3 is 1.21 bits per heavy atom. The molecule has 0 aliphatic carbocycles. The van der Waals surface area contributed by atoms with Crippen molar-refractivity contribution in [3.8, 4) is 0 Å². The molecule has 0 atom stereocenters. The van der Waals surface area contributed by atoms with Gasteiger partial charge in [0.1, 0.15) is 6.35 Å². The predicted octanol–water partition coefficient (Wildman–Crippen LogP) is 3.99. The second-order valence-corrected chi connectivity index (χ2v) is 7.77. The second-order valence-electron chi connectivity index (χ2n) is 4.97. The molecular formula is C15H11F6O2P. The molecule has 0 saturated carbocycles. The molecule has 0 spiro atoms. The average Bonchev–Trinajstić information content (AvgIpc) is 2.53. The minimum absolute atomic E-state index is 0.0715. The van der Waals surface area contributed by atoms with E-state index < -0.39 is 37.0 Å². The fourth-order valence-electron chi connectivity index (χ4n) is 2.09. The monoisotopic (exact) mass is 368 g/mol. The summed E-state index contributed by atoms with van der Waals surface area (Å²) in [6.07, 6.45) is -10.1. The predicted molar refractivity (Wildman–Crippen MR) is 76.8 cm³/mol. The summed E-state index contributed by atoms with van der Waals surface area (Å²) in [4.78, 5) is 0. The Morgan fingerprint density at radius 2 is 1.00 bits per heavy atom. The molecule has 2 aromatic rings. The van der Waals surface area contributed by atoms with E-state index in [2.05, 4.69) is 0 Å². The van der Waals surface area contributed by atoms with Crippen LogP contribution in [0.15, 0.2) is 48.5 Å². The largest absolute Gasteiger partial charge is 0.416 e. The lowest BCUT2D eigenvalue weighted by atomic mass is 10.2. The summed E-state index contributed by atoms with van der Waals surface area (Å²) >= 11 is 0. The summed E-state index contributed by atoms with van der Waals surface area (Å²) < 4.78 is 88.2. The van der Waals surface area contributed by atoms with E-state index in [4.69, 9.17) is 0 Å². The maximum atomic E-state index is 12.9. The van der Waals surface area contributed by atoms with E-state index in [1.54, 1.807) is 0 Å². The van der Waals surface area contributed by atoms with Crippen LogP contribution in [0.25, 0.3) is 0 Å². The number of aliphatic hydroxyl groups excluding tert-OH is 1. The second kappa shape index (κ2) is 6.26. The number of alkyl halides is 6. The summed E-state index contributed by atoms with van der Waals surface area (Å²) in [5.41, 5.74) is -1.91. The fraction of sp³-hybridized carbons (Fsp3) is 0.200. The minimum atomic E-state index is -4.57. The van der Waals surface area contributed by atoms with Gasteiger partial charge >= 0.3 is 12.4 Å². The van der Waals surface area contributed by atoms with Crippen molar-refractivity contribution in [2.24, 2.45) is 0 Å². The number of hydrogen-bond acceptors (Lipinski definition) is 2. The van der Waals surface area contributed by atoms with Gasteiger partial charge in [0.25, 0.3) is 0 Å². The summed E-state index contributed by atoms with van der Waals surface area (Å²) in [6.45, 7) is 0. The molecule has 9 heteroatoms. The van der Waals surface area contributed by atoms with Crippen molar-refractivity contribution in [2.45, 2.75) is 12.4 Å². The van der Waals surface area contributed by atoms with Crippen LogP contribution in [0.4, 0.5) is 26.3 Å². The highest BCUT2D eigenvalue weighted by Gasteiger charge is 2.34. The van der Waals surface area contributed by atoms with Gasteiger partial charge in [-0.2, -0.15) is 26.3 Å². The Morgan fingerprint density at radius 1 is 0.708 bits per heavy atom. The quantitative estimate of drug-likeness (QED) is 0.657. The van der Waals surface area contributed by atoms with E-state index in [1.165, 1.54) is 0 Å². The standard InChI is InChI=1S/C15H11F6O2P/c16-14(17,18)10-1-5-12(6-2-10)24(23,9-22)13-7-3-11(4-8-13)15(19,20)21/h1-8,22H,9H2. The molecule has 0 aliphatic heterocycles. The molecule has 0 heterocycles. The highest BCUT2D eigenvalue weighted by Crippen LogP contribution is 2.43. The Labute approximate surface area is 133 Å². The first kappa shape index (κ1) is 18.5. The number of rotatable bonds is 3. The van der Waals surface area contributed by atoms with Crippen LogP contribution in [-0.4, -0.2) is 11.5 Å². The third kappa shape index (κ3) is 3.65. The molecule has 2 aromatic carbocycles. The number of benzene rings is 2. The third-order valence-electron chi connectivity index (χ3n) is 3.42. The summed E-state index contributed by atoms with van der Waals surface area (Å²) in [5.74, 6) is 0. The summed E-state index contributed by atoms with van der Waals surface area (Å²) in [5, 5.41) is 9.30. The molecule has 24 heavy (non-hydrogen) atoms. The van der Waals surface area contributed by atoms with Gasteiger partial charge in [0.2, 0.25) is 0 Å². The minimum Gasteiger partial charge on any atom is -0.388 e. The van der Waals surface area contributed by atoms with Crippen molar-refractivity contribution < 1.29 is 36.0 Å². The smallest absolute Gasteiger partial charge is 0.388 e. The number of halogens is 6. The maximum absolute atomic E-state index is 12.9. The van der Waals surface area contributed by atoms with Crippen LogP contribution in [-0.2, 0) is 16.9 Å². The van der Waals surface area contributed by atoms with E-state index in [9.17, 15) is 36.0 Å². The summed E-state index contributed by atoms with van der Waals surface area (Å²) in [7, 11) is -3.73. The normalized spacial score (nSPS) is 13.1. The lowest BCUT2D eigenvalue weighted by Gasteiger charge is -2.18. The van der Waals surface area contributed by atoms with E-state index in [-0.39, 0.29) is 10.6 Å². The van der Waals surface area contributed by atoms with Gasteiger partial charge in [0.15, 0.2) is 7.14 Å². The molecule has 2 nitrogen and oxygen atoms in total. The molecule has 130 valence electrons. The van der Waals surface area contributed by atoms with Crippen LogP contribution in [0.5, 0.6) is 0 Å². The Balaban J connectivity index is 2.43. The zero-order valence-corrected chi connectivity index (χ0v) is 12.8. The first-order valence-corrected chi connectivity index (χ1v) is 8.43. The molecule has 0 radical (unpaired) electrons. The van der Waals surface area contributed by atoms with E-state index >= 15 is 0 Å². The van der Waals surface area contributed by atoms with Crippen LogP contribution in [0.1, 0.15) is 11.1 Å². The number of hydrogen-bond donors (Lipinski definition) is 1. The highest BCUT2D eigenvalue weighted by atomic mass is 31.2. The topological polar surface area (TPSA) is 37.3 Å². The molecule has 1 N–H and O–H groups in total. The average molecular weight is 368 g/mol. The van der Waals surface area contributed by atoms with Gasteiger partial charge in [-0.1, -0.05) is 24.3 Å². The Kier molecular flexibility index (Phi) is 4.84. The van der Waals surface area contributed by atoms with Crippen molar-refractivity contribution in [3.05, 3.63) is 59.7 Å². The first-order valence-electron chi connectivity index (χ1n) is 6.54. The van der Waals surface area contributed by atoms with Crippen LogP contribution in [0.2, 0.25) is 0 Å². The molecule has 0 aliphatic rings. The Hall–Kier alpha value is -1.79. The van der Waals surface area contributed by atoms with Crippen LogP contribution in [0, 0.1) is 0 Å². The summed E-state index contributed by atoms with van der Waals surface area (Å²) in [6, 6.07) is 6.66. The van der Waals surface area contributed by atoms with E-state index in [0.29, 0.717) is 24.3 Å². The van der Waals surface area contributed by atoms with Crippen molar-refractivity contribution >= 4 is 17.8 Å². The van der Waals surface area contributed by atoms with Gasteiger partial charge in [-0.3, -0.25) is 0 Å². The molecule has 2 rings (SSSR count). The molecule has 0 fully saturated rings. The highest BCUT2D eigenvalue weighted by molar-refractivity contribution is 7.78. The van der Waals surface area contributed by atoms with Crippen molar-refractivity contribution in [1.29, 1.82) is 0 Å². The van der Waals surface area contributed by atoms with Crippen LogP contribution < -0.4 is 10.6 Å². The van der Waals surface area contributed by atoms with Gasteiger partial charge in [0.05, 0.1) is 11.1 Å². The van der Waals surface area contributed by atoms with Crippen molar-refractivity contribution in [1.82, 2.24) is 0 Å². The first-order chi connectivity index (χ1) is 11.0. The fourth-order valence-corrected chi connectivity index (χ4v) is 3.98. The molecule has 0 amide bonds. The zero-order valence-electron chi connectivity index (χ0n) is 11.9. The van der Waals surface area contributed by atoms with Gasteiger partial charge in [-0.15, -0.1) is 0 Å². The Bertz CT molecular complexity index is 686. The molecule has 0 unspecified atom stereocenters. The SMILES string of the molecule is O=P(CO)(c1ccc(C(F)(F)F)cc1)c1ccc(C(F)(F)F)cc1. The van der Waals surface area contributed by atoms with Crippen LogP contribution >= 0.6 is 7.14 Å². The van der Waals surface area contributed by atoms with Gasteiger partial charge < -0.3 is 9.67 Å². The van der Waals surface area contributed by atoms with E-state index in [1.807, 2.05) is 0 Å². The van der Waals surface area contributed by atoms with E-state index in [0.717, 1.165) is 24.3 Å².